The lowest BCUT2D eigenvalue weighted by atomic mass is 10.0. The second kappa shape index (κ2) is 41.3. The van der Waals surface area contributed by atoms with Crippen molar-refractivity contribution in [3.05, 3.63) is 249 Å². The minimum Gasteiger partial charge on any atom is -0.381 e. The van der Waals surface area contributed by atoms with E-state index in [2.05, 4.69) is 118 Å². The number of benzene rings is 5. The van der Waals surface area contributed by atoms with Crippen LogP contribution in [0.3, 0.4) is 0 Å². The number of ether oxygens (including phenoxy) is 1. The SMILES string of the molecule is CN(C)c1nc(-c2cc(Cl)c3ncccc3c2)c(-n2ccccc2=O)nc1N.CNc1nc(-c2cc(Cl)c3[nH]ncc3c2)c(-n2ccc(C)n2)nc1N.Cc1ccn(-c2nc(N)c(NC3CCCC3)nc2-c2ccc3ncccc3c2)n1.Cn1ccc(-c2nc(N)c(NC(=O)C3CC3)nc2-c2cc(Cl)c3ncccc3c2)n1.Cn1ccc(-c2nc(N)c(NCN3CCOCC3)nc2-c2cc(Cl)c3[nH]ncc3c2)n1. The van der Waals surface area contributed by atoms with Crippen LogP contribution in [0.1, 0.15) is 49.9 Å². The number of aromatic amines is 2. The molecule has 44 heteroatoms. The van der Waals surface area contributed by atoms with Gasteiger partial charge in [0.25, 0.3) is 5.56 Å². The maximum atomic E-state index is 12.4. The van der Waals surface area contributed by atoms with Crippen LogP contribution in [0.2, 0.25) is 20.1 Å². The number of nitrogens with two attached hydrogens (primary N) is 5. The molecule has 1 saturated heterocycles. The van der Waals surface area contributed by atoms with Gasteiger partial charge >= 0.3 is 0 Å². The van der Waals surface area contributed by atoms with Crippen molar-refractivity contribution >= 4 is 165 Å². The van der Waals surface area contributed by atoms with E-state index in [1.807, 2.05) is 176 Å². The van der Waals surface area contributed by atoms with Crippen LogP contribution in [-0.4, -0.2) is 200 Å². The number of nitrogens with zero attached hydrogens (tertiary/aromatic N) is 26. The fourth-order valence-electron chi connectivity index (χ4n) is 16.5. The summed E-state index contributed by atoms with van der Waals surface area (Å²) in [5, 5.41) is 51.0. The summed E-state index contributed by atoms with van der Waals surface area (Å²) in [6, 6.07) is 45.5. The molecule has 15 aromatic heterocycles. The lowest BCUT2D eigenvalue weighted by molar-refractivity contribution is -0.117. The molecule has 40 nitrogen and oxygen atoms in total. The zero-order valence-corrected chi connectivity index (χ0v) is 81.3. The van der Waals surface area contributed by atoms with Gasteiger partial charge in [-0.15, -0.1) is 0 Å². The predicted molar refractivity (Wildman–Crippen MR) is 560 cm³/mol. The number of nitrogen functional groups attached to an aromatic ring is 5. The Kier molecular flexibility index (Phi) is 27.5. The number of aromatic nitrogens is 26. The van der Waals surface area contributed by atoms with E-state index in [9.17, 15) is 9.59 Å². The number of pyridine rings is 4. The summed E-state index contributed by atoms with van der Waals surface area (Å²) in [5.41, 5.74) is 45.7. The van der Waals surface area contributed by atoms with Crippen LogP contribution in [0.25, 0.3) is 151 Å². The number of fused-ring (bicyclic) bond motifs is 5. The summed E-state index contributed by atoms with van der Waals surface area (Å²) in [6.07, 6.45) is 24.1. The normalized spacial score (nSPS) is 13.1. The number of anilines is 10. The summed E-state index contributed by atoms with van der Waals surface area (Å²) >= 11 is 25.8. The molecule has 3 aliphatic rings. The van der Waals surface area contributed by atoms with Gasteiger partial charge in [-0.05, 0) is 149 Å². The van der Waals surface area contributed by atoms with Crippen molar-refractivity contribution in [3.63, 3.8) is 0 Å². The zero-order chi connectivity index (χ0) is 99.4. The van der Waals surface area contributed by atoms with Crippen LogP contribution in [0, 0.1) is 19.8 Å². The summed E-state index contributed by atoms with van der Waals surface area (Å²) in [5.74, 6) is 5.20. The second-order valence-corrected chi connectivity index (χ2v) is 35.9. The Balaban J connectivity index is 0.000000113. The van der Waals surface area contributed by atoms with Gasteiger partial charge in [0.1, 0.15) is 51.2 Å². The molecule has 0 unspecified atom stereocenters. The van der Waals surface area contributed by atoms with Crippen molar-refractivity contribution in [2.45, 2.75) is 58.4 Å². The van der Waals surface area contributed by atoms with Crippen molar-refractivity contribution in [3.8, 4) is 96.5 Å². The first kappa shape index (κ1) is 95.1. The maximum Gasteiger partial charge on any atom is 0.256 e. The van der Waals surface area contributed by atoms with Gasteiger partial charge in [-0.25, -0.2) is 59.2 Å². The molecule has 16 heterocycles. The van der Waals surface area contributed by atoms with Gasteiger partial charge in [0.2, 0.25) is 5.91 Å². The van der Waals surface area contributed by atoms with Gasteiger partial charge in [-0.1, -0.05) is 89.6 Å². The Morgan fingerprint density at radius 2 is 0.958 bits per heavy atom. The zero-order valence-electron chi connectivity index (χ0n) is 78.3. The number of H-pyrrole nitrogens is 2. The number of carbonyl (C=O) groups excluding carboxylic acids is 1. The molecule has 1 aliphatic heterocycles. The van der Waals surface area contributed by atoms with E-state index in [0.717, 1.165) is 135 Å². The molecule has 16 N–H and O–H groups in total. The smallest absolute Gasteiger partial charge is 0.256 e. The number of carbonyl (C=O) groups is 1. The molecule has 1 amide bonds. The van der Waals surface area contributed by atoms with Gasteiger partial charge < -0.3 is 59.6 Å². The molecule has 3 fully saturated rings. The molecule has 2 aliphatic carbocycles. The van der Waals surface area contributed by atoms with E-state index < -0.39 is 0 Å². The van der Waals surface area contributed by atoms with Gasteiger partial charge in [-0.3, -0.25) is 53.6 Å². The average Bonchev–Trinajstić information content (AvgIpc) is 1.64. The lowest BCUT2D eigenvalue weighted by Gasteiger charge is -2.27. The molecule has 2 saturated carbocycles. The predicted octanol–water partition coefficient (Wildman–Crippen LogP) is 16.1. The Labute approximate surface area is 836 Å². The third-order valence-electron chi connectivity index (χ3n) is 23.8. The van der Waals surface area contributed by atoms with Crippen molar-refractivity contribution in [1.82, 2.24) is 134 Å². The highest BCUT2D eigenvalue weighted by Crippen LogP contribution is 2.42. The number of rotatable bonds is 19. The van der Waals surface area contributed by atoms with Gasteiger partial charge in [0.05, 0.1) is 91.3 Å². The number of amides is 1. The van der Waals surface area contributed by atoms with E-state index >= 15 is 0 Å². The Hall–Kier alpha value is -16.8. The molecule has 0 bridgehead atoms. The Morgan fingerprint density at radius 1 is 0.469 bits per heavy atom. The largest absolute Gasteiger partial charge is 0.381 e. The van der Waals surface area contributed by atoms with Crippen LogP contribution < -0.4 is 60.4 Å². The number of morpholine rings is 1. The van der Waals surface area contributed by atoms with Crippen LogP contribution in [0.4, 0.5) is 58.2 Å². The third-order valence-corrected chi connectivity index (χ3v) is 25.0. The highest BCUT2D eigenvalue weighted by Gasteiger charge is 2.32. The Morgan fingerprint density at radius 3 is 1.50 bits per heavy atom. The van der Waals surface area contributed by atoms with Crippen LogP contribution in [0.5, 0.6) is 0 Å². The first-order chi connectivity index (χ1) is 69.3. The minimum atomic E-state index is -0.233. The summed E-state index contributed by atoms with van der Waals surface area (Å²) in [6.45, 7) is 7.60. The average molecular weight is 1990 g/mol. The summed E-state index contributed by atoms with van der Waals surface area (Å²) < 4.78 is 13.6. The molecule has 5 aromatic carbocycles. The van der Waals surface area contributed by atoms with Crippen LogP contribution >= 0.6 is 46.4 Å². The summed E-state index contributed by atoms with van der Waals surface area (Å²) in [7, 11) is 9.08. The first-order valence-corrected chi connectivity index (χ1v) is 47.1. The summed E-state index contributed by atoms with van der Waals surface area (Å²) in [4.78, 5) is 88.4. The molecule has 722 valence electrons. The molecule has 0 radical (unpaired) electrons. The number of hydrogen-bond acceptors (Lipinski definition) is 32. The molecule has 143 heavy (non-hydrogen) atoms. The quantitative estimate of drug-likeness (QED) is 0.0358. The van der Waals surface area contributed by atoms with E-state index in [1.54, 1.807) is 92.1 Å². The lowest BCUT2D eigenvalue weighted by Crippen LogP contribution is -2.39. The number of hydrogen-bond donors (Lipinski definition) is 11. The van der Waals surface area contributed by atoms with E-state index in [0.29, 0.717) is 153 Å². The third kappa shape index (κ3) is 21.0. The van der Waals surface area contributed by atoms with Crippen LogP contribution in [0.15, 0.2) is 212 Å². The fraction of sp³-hybridized carbons (Fsp3) is 0.202. The van der Waals surface area contributed by atoms with E-state index in [-0.39, 0.29) is 34.8 Å². The molecule has 0 atom stereocenters. The fourth-order valence-corrected chi connectivity index (χ4v) is 17.6. The van der Waals surface area contributed by atoms with Crippen molar-refractivity contribution < 1.29 is 9.53 Å². The number of aryl methyl sites for hydroxylation is 4. The second-order valence-electron chi connectivity index (χ2n) is 34.3. The van der Waals surface area contributed by atoms with Gasteiger partial charge in [-0.2, -0.15) is 30.6 Å². The van der Waals surface area contributed by atoms with Crippen LogP contribution in [-0.2, 0) is 23.6 Å². The molecular formula is C99H95Cl4N37O3. The standard InChI is InChI=1S/C22H23N7.C21H18ClN7O.C20H22ClN9O.C20H17ClN6O.C16H15ClN8/c1-14-10-12-29(28-14)22-19(16-8-9-18-15(13-16)5-4-11-24-18)26-21(20(23)27-22)25-17-6-2-3-7-17;1-29-8-6-15(28-29)18-17(13-9-12-3-2-7-24-16(12)14(22)10-13)26-20(19(23)25-18)27-21(30)11-4-5-11;1-29-3-2-15(28-29)18-17(12-8-13-10-24-27-16(13)14(21)9-12)26-20(19(22)25-18)23-11-30-4-6-31-7-5-30;1-26(2)20-18(22)25-19(27-9-4-3-7-15(27)28)17(24-20)13-10-12-6-5-8-23-16(12)14(21)11-13;1-8-3-4-25(24-8)16-13(21-15(19-2)14(18)22-16)9-5-10-7-20-23-12(10)11(17)6-9/h4-5,8-13,17H,2-3,6-7H2,1H3,(H2,23,27)(H,25,26);2-3,6-11H,4-5H2,1H3,(H2,23,25)(H,26,27,30);2-3,8-10H,4-7,11H2,1H3,(H2,22,25)(H,23,26)(H,24,27);3-11H,1-2H3,(H2,22,25);3-7H,1-2H3,(H2,18,22)(H,19,21)(H,20,23). The van der Waals surface area contributed by atoms with E-state index in [1.165, 1.54) is 23.5 Å². The number of halogens is 4. The topological polar surface area (TPSA) is 529 Å². The van der Waals surface area contributed by atoms with Crippen molar-refractivity contribution in [2.75, 3.05) is 109 Å². The molecule has 0 spiro atoms. The molecular weight excluding hydrogens is 1900 g/mol. The Bertz CT molecular complexity index is 8240. The number of nitrogens with one attached hydrogen (secondary N) is 6. The maximum absolute atomic E-state index is 12.4. The highest BCUT2D eigenvalue weighted by molar-refractivity contribution is 6.37. The van der Waals surface area contributed by atoms with Gasteiger partial charge in [0.15, 0.2) is 75.6 Å². The van der Waals surface area contributed by atoms with Gasteiger partial charge in [0, 0.05) is 171 Å². The minimum absolute atomic E-state index is 0.0197. The first-order valence-electron chi connectivity index (χ1n) is 45.5. The monoisotopic (exact) mass is 1990 g/mol. The van der Waals surface area contributed by atoms with Crippen molar-refractivity contribution in [1.29, 1.82) is 0 Å². The highest BCUT2D eigenvalue weighted by atomic mass is 35.5. The molecule has 23 rings (SSSR count). The van der Waals surface area contributed by atoms with E-state index in [4.69, 9.17) is 99.7 Å². The van der Waals surface area contributed by atoms with Crippen molar-refractivity contribution in [2.24, 2.45) is 20.0 Å². The molecule has 20 aromatic rings.